The molecule has 0 N–H and O–H groups in total. The summed E-state index contributed by atoms with van der Waals surface area (Å²) in [5, 5.41) is 0. The molecule has 1 rings (SSSR count). The van der Waals surface area contributed by atoms with Gasteiger partial charge in [-0.25, -0.2) is 4.79 Å². The summed E-state index contributed by atoms with van der Waals surface area (Å²) in [6.45, 7) is 0.310. The van der Waals surface area contributed by atoms with Gasteiger partial charge in [0.15, 0.2) is 5.76 Å². The smallest absolute Gasteiger partial charge is 0.416 e. The highest BCUT2D eigenvalue weighted by atomic mass is 27.0. The summed E-state index contributed by atoms with van der Waals surface area (Å²) >= 11 is 0.670. The fourth-order valence-electron chi connectivity index (χ4n) is 0.637. The summed E-state index contributed by atoms with van der Waals surface area (Å²) in [6.07, 6.45) is 0. The van der Waals surface area contributed by atoms with Crippen LogP contribution < -0.4 is 10.4 Å². The van der Waals surface area contributed by atoms with E-state index in [1.165, 1.54) is 7.11 Å². The molecule has 0 unspecified atom stereocenters. The minimum atomic E-state index is -0.642. The van der Waals surface area contributed by atoms with E-state index >= 15 is 0 Å². The maximum absolute atomic E-state index is 10.4. The molecule has 1 aromatic heterocycles. The van der Waals surface area contributed by atoms with Crippen LogP contribution in [0, 0.1) is 0 Å². The Kier molecular flexibility index (Phi) is 2.33. The van der Waals surface area contributed by atoms with Gasteiger partial charge in [-0.15, -0.1) is 0 Å². The molecule has 4 nitrogen and oxygen atoms in total. The van der Waals surface area contributed by atoms with Crippen LogP contribution in [-0.4, -0.2) is 23.4 Å². The summed E-state index contributed by atoms with van der Waals surface area (Å²) < 4.78 is 14.6. The van der Waals surface area contributed by atoms with Gasteiger partial charge in [-0.2, -0.15) is 0 Å². The van der Waals surface area contributed by atoms with Crippen molar-refractivity contribution in [3.05, 3.63) is 16.4 Å². The van der Waals surface area contributed by atoms with Gasteiger partial charge in [-0.3, -0.25) is 0 Å². The molecule has 0 radical (unpaired) electrons. The molecule has 54 valence electrons. The lowest BCUT2D eigenvalue weighted by atomic mass is 10.6. The molecule has 0 aromatic carbocycles. The Balaban J connectivity index is 2.92. The van der Waals surface area contributed by atoms with Gasteiger partial charge in [0.2, 0.25) is 0 Å². The van der Waals surface area contributed by atoms with Crippen LogP contribution in [-0.2, 0) is 11.3 Å². The molecule has 1 aromatic rings. The molecule has 10 heavy (non-hydrogen) atoms. The second-order valence-electron chi connectivity index (χ2n) is 1.87. The third-order valence-corrected chi connectivity index (χ3v) is 1.87. The van der Waals surface area contributed by atoms with E-state index in [0.29, 0.717) is 33.3 Å². The van der Waals surface area contributed by atoms with Crippen LogP contribution in [0.15, 0.2) is 13.6 Å². The quantitative estimate of drug-likeness (QED) is 0.499. The molecule has 0 aliphatic rings. The average molecular weight is 158 g/mol. The third kappa shape index (κ3) is 1.51. The van der Waals surface area contributed by atoms with E-state index in [-0.39, 0.29) is 0 Å². The topological polar surface area (TPSA) is 52.6 Å². The zero-order valence-electron chi connectivity index (χ0n) is 5.84. The predicted octanol–water partition coefficient (Wildman–Crippen LogP) is -1.36. The Morgan fingerprint density at radius 1 is 1.60 bits per heavy atom. The molecular formula is C5H7AlO4. The Bertz CT molecular complexity index is 261. The zero-order valence-corrected chi connectivity index (χ0v) is 7.84. The second kappa shape index (κ2) is 3.06. The SMILES string of the molecule is COCc1oc(=O)o[c]1[AlH2]. The maximum atomic E-state index is 10.4. The Morgan fingerprint density at radius 2 is 2.30 bits per heavy atom. The van der Waals surface area contributed by atoms with E-state index in [4.69, 9.17) is 4.74 Å². The Morgan fingerprint density at radius 3 is 2.70 bits per heavy atom. The van der Waals surface area contributed by atoms with Crippen LogP contribution in [0.3, 0.4) is 0 Å². The van der Waals surface area contributed by atoms with Crippen molar-refractivity contribution in [2.24, 2.45) is 0 Å². The molecule has 0 fully saturated rings. The van der Waals surface area contributed by atoms with E-state index < -0.39 is 5.82 Å². The fraction of sp³-hybridized carbons (Fsp3) is 0.400. The second-order valence-corrected chi connectivity index (χ2v) is 2.77. The summed E-state index contributed by atoms with van der Waals surface area (Å²) in [6, 6.07) is 0. The summed E-state index contributed by atoms with van der Waals surface area (Å²) in [5.74, 6) is -0.129. The van der Waals surface area contributed by atoms with Crippen LogP contribution in [0.1, 0.15) is 5.76 Å². The van der Waals surface area contributed by atoms with Gasteiger partial charge in [0.25, 0.3) is 0 Å². The highest BCUT2D eigenvalue weighted by Gasteiger charge is 2.05. The van der Waals surface area contributed by atoms with Crippen molar-refractivity contribution in [2.45, 2.75) is 6.61 Å². The minimum Gasteiger partial charge on any atom is -0.416 e. The highest BCUT2D eigenvalue weighted by Crippen LogP contribution is 1.91. The Hall–Kier alpha value is -0.498. The summed E-state index contributed by atoms with van der Waals surface area (Å²) in [5.41, 5.74) is 0. The van der Waals surface area contributed by atoms with Crippen LogP contribution in [0.5, 0.6) is 0 Å². The fourth-order valence-corrected chi connectivity index (χ4v) is 1.05. The first-order chi connectivity index (χ1) is 4.74. The van der Waals surface area contributed by atoms with E-state index in [1.54, 1.807) is 0 Å². The van der Waals surface area contributed by atoms with Crippen molar-refractivity contribution >= 4 is 20.9 Å². The molecule has 0 aliphatic carbocycles. The monoisotopic (exact) mass is 158 g/mol. The molecule has 5 heteroatoms. The normalized spacial score (nSPS) is 10.1. The number of hydrogen-bond acceptors (Lipinski definition) is 4. The Labute approximate surface area is 65.2 Å². The van der Waals surface area contributed by atoms with Crippen molar-refractivity contribution in [1.29, 1.82) is 0 Å². The van der Waals surface area contributed by atoms with Crippen molar-refractivity contribution in [3.8, 4) is 0 Å². The maximum Gasteiger partial charge on any atom is 0.517 e. The summed E-state index contributed by atoms with van der Waals surface area (Å²) in [7, 11) is 1.54. The lowest BCUT2D eigenvalue weighted by molar-refractivity contribution is 0.163. The lowest BCUT2D eigenvalue weighted by Crippen LogP contribution is -2.05. The van der Waals surface area contributed by atoms with Crippen LogP contribution >= 0.6 is 0 Å². The standard InChI is InChI=1S/C5H5O4.Al.2H/c1-7-2-4-3-8-5(6)9-4;;;/h2H2,1H3;;;. The van der Waals surface area contributed by atoms with E-state index in [0.717, 1.165) is 0 Å². The van der Waals surface area contributed by atoms with Crippen LogP contribution in [0.2, 0.25) is 0 Å². The molecule has 0 bridgehead atoms. The number of rotatable bonds is 2. The van der Waals surface area contributed by atoms with Crippen molar-refractivity contribution in [1.82, 2.24) is 0 Å². The van der Waals surface area contributed by atoms with Gasteiger partial charge < -0.3 is 13.6 Å². The van der Waals surface area contributed by atoms with Crippen molar-refractivity contribution in [3.63, 3.8) is 0 Å². The first kappa shape index (κ1) is 7.61. The number of ether oxygens (including phenoxy) is 1. The largest absolute Gasteiger partial charge is 0.517 e. The van der Waals surface area contributed by atoms with Crippen molar-refractivity contribution < 1.29 is 13.6 Å². The van der Waals surface area contributed by atoms with Gasteiger partial charge in [0, 0.05) is 7.11 Å². The number of methoxy groups -OCH3 is 1. The van der Waals surface area contributed by atoms with Gasteiger partial charge in [-0.05, 0) is 0 Å². The lowest BCUT2D eigenvalue weighted by Gasteiger charge is -1.90. The molecule has 1 heterocycles. The van der Waals surface area contributed by atoms with E-state index in [9.17, 15) is 4.79 Å². The number of hydrogen-bond donors (Lipinski definition) is 0. The van der Waals surface area contributed by atoms with E-state index in [1.807, 2.05) is 0 Å². The molecule has 0 amide bonds. The third-order valence-electron chi connectivity index (χ3n) is 1.11. The average Bonchev–Trinajstić information content (AvgIpc) is 2.13. The van der Waals surface area contributed by atoms with E-state index in [2.05, 4.69) is 8.83 Å². The van der Waals surface area contributed by atoms with Gasteiger partial charge >= 0.3 is 22.1 Å². The van der Waals surface area contributed by atoms with Gasteiger partial charge in [0.05, 0.1) is 4.62 Å². The molecule has 0 saturated carbocycles. The van der Waals surface area contributed by atoms with Crippen molar-refractivity contribution in [2.75, 3.05) is 7.11 Å². The first-order valence-electron chi connectivity index (χ1n) is 2.82. The predicted molar refractivity (Wildman–Crippen MR) is 36.1 cm³/mol. The van der Waals surface area contributed by atoms with Crippen LogP contribution in [0.25, 0.3) is 0 Å². The minimum absolute atomic E-state index is 0.310. The molecular weight excluding hydrogens is 151 g/mol. The zero-order chi connectivity index (χ0) is 7.56. The summed E-state index contributed by atoms with van der Waals surface area (Å²) in [4.78, 5) is 10.4. The molecule has 0 atom stereocenters. The van der Waals surface area contributed by atoms with Crippen LogP contribution in [0.4, 0.5) is 0 Å². The highest BCUT2D eigenvalue weighted by molar-refractivity contribution is 6.30. The first-order valence-corrected chi connectivity index (χ1v) is 3.82. The molecule has 0 saturated heterocycles. The van der Waals surface area contributed by atoms with Gasteiger partial charge in [0.1, 0.15) is 6.61 Å². The van der Waals surface area contributed by atoms with Gasteiger partial charge in [-0.1, -0.05) is 0 Å². The molecule has 0 aliphatic heterocycles. The molecule has 0 spiro atoms.